The molecule has 0 aliphatic carbocycles. The van der Waals surface area contributed by atoms with Gasteiger partial charge in [-0.15, -0.1) is 0 Å². The van der Waals surface area contributed by atoms with Crippen molar-refractivity contribution in [3.05, 3.63) is 0 Å². The van der Waals surface area contributed by atoms with E-state index in [1.165, 1.54) is 4.31 Å². The highest BCUT2D eigenvalue weighted by Gasteiger charge is 2.37. The van der Waals surface area contributed by atoms with Gasteiger partial charge in [0.05, 0.1) is 18.4 Å². The van der Waals surface area contributed by atoms with Gasteiger partial charge in [0.25, 0.3) is 0 Å². The van der Waals surface area contributed by atoms with Crippen molar-refractivity contribution in [2.24, 2.45) is 0 Å². The van der Waals surface area contributed by atoms with Crippen molar-refractivity contribution < 1.29 is 13.5 Å². The molecule has 0 saturated carbocycles. The van der Waals surface area contributed by atoms with Crippen molar-refractivity contribution in [1.82, 2.24) is 9.62 Å². The maximum Gasteiger partial charge on any atom is 0.214 e. The molecule has 2 N–H and O–H groups in total. The Kier molecular flexibility index (Phi) is 2.79. The minimum Gasteiger partial charge on any atom is -0.395 e. The number of sulfonamides is 1. The minimum atomic E-state index is -3.12. The third kappa shape index (κ3) is 1.79. The van der Waals surface area contributed by atoms with Gasteiger partial charge in [0.15, 0.2) is 0 Å². The van der Waals surface area contributed by atoms with E-state index in [1.54, 1.807) is 0 Å². The van der Waals surface area contributed by atoms with E-state index in [0.29, 0.717) is 19.5 Å². The average molecular weight is 220 g/mol. The molecule has 14 heavy (non-hydrogen) atoms. The van der Waals surface area contributed by atoms with Crippen LogP contribution in [0.1, 0.15) is 12.8 Å². The van der Waals surface area contributed by atoms with E-state index in [1.807, 2.05) is 0 Å². The number of aliphatic hydroxyl groups is 1. The number of nitrogens with one attached hydrogen (secondary N) is 1. The van der Waals surface area contributed by atoms with Gasteiger partial charge in [-0.25, -0.2) is 8.42 Å². The van der Waals surface area contributed by atoms with Crippen molar-refractivity contribution in [2.45, 2.75) is 24.9 Å². The molecular formula is C8H16N2O3S. The summed E-state index contributed by atoms with van der Waals surface area (Å²) in [5, 5.41) is 12.3. The second-order valence-electron chi connectivity index (χ2n) is 3.97. The third-order valence-electron chi connectivity index (χ3n) is 2.97. The molecular weight excluding hydrogens is 204 g/mol. The fourth-order valence-electron chi connectivity index (χ4n) is 2.15. The highest BCUT2D eigenvalue weighted by molar-refractivity contribution is 7.89. The van der Waals surface area contributed by atoms with Crippen LogP contribution in [-0.4, -0.2) is 55.4 Å². The summed E-state index contributed by atoms with van der Waals surface area (Å²) >= 11 is 0. The van der Waals surface area contributed by atoms with E-state index in [2.05, 4.69) is 5.32 Å². The van der Waals surface area contributed by atoms with E-state index >= 15 is 0 Å². The molecule has 2 fully saturated rings. The molecule has 2 aliphatic heterocycles. The van der Waals surface area contributed by atoms with E-state index in [9.17, 15) is 8.42 Å². The Labute approximate surface area is 84.1 Å². The molecule has 0 aromatic carbocycles. The number of aliphatic hydroxyl groups excluding tert-OH is 1. The van der Waals surface area contributed by atoms with Crippen LogP contribution in [0.15, 0.2) is 0 Å². The molecule has 3 atom stereocenters. The van der Waals surface area contributed by atoms with E-state index in [4.69, 9.17) is 5.11 Å². The Morgan fingerprint density at radius 2 is 2.29 bits per heavy atom. The van der Waals surface area contributed by atoms with Crippen LogP contribution < -0.4 is 5.32 Å². The number of piperazine rings is 1. The Balaban J connectivity index is 2.25. The SMILES string of the molecule is O=S1(=O)CCCC2CN1C(CO)CN2. The van der Waals surface area contributed by atoms with Crippen molar-refractivity contribution in [3.8, 4) is 0 Å². The summed E-state index contributed by atoms with van der Waals surface area (Å²) in [5.41, 5.74) is 0. The summed E-state index contributed by atoms with van der Waals surface area (Å²) in [7, 11) is -3.12. The first-order valence-corrected chi connectivity index (χ1v) is 6.58. The van der Waals surface area contributed by atoms with Gasteiger partial charge in [0, 0.05) is 19.1 Å². The molecule has 0 amide bonds. The molecule has 5 nitrogen and oxygen atoms in total. The van der Waals surface area contributed by atoms with Gasteiger partial charge in [-0.1, -0.05) is 0 Å². The third-order valence-corrected chi connectivity index (χ3v) is 4.94. The molecule has 6 heteroatoms. The lowest BCUT2D eigenvalue weighted by atomic mass is 10.1. The van der Waals surface area contributed by atoms with Gasteiger partial charge < -0.3 is 10.4 Å². The first-order valence-electron chi connectivity index (χ1n) is 4.97. The van der Waals surface area contributed by atoms with Gasteiger partial charge in [-0.05, 0) is 12.8 Å². The van der Waals surface area contributed by atoms with E-state index in [0.717, 1.165) is 6.42 Å². The van der Waals surface area contributed by atoms with Gasteiger partial charge in [0.1, 0.15) is 0 Å². The molecule has 2 rings (SSSR count). The highest BCUT2D eigenvalue weighted by Crippen LogP contribution is 2.20. The van der Waals surface area contributed by atoms with Crippen molar-refractivity contribution in [1.29, 1.82) is 0 Å². The normalized spacial score (nSPS) is 41.6. The molecule has 82 valence electrons. The molecule has 0 radical (unpaired) electrons. The van der Waals surface area contributed by atoms with Gasteiger partial charge in [-0.3, -0.25) is 0 Å². The largest absolute Gasteiger partial charge is 0.395 e. The lowest BCUT2D eigenvalue weighted by Crippen LogP contribution is -2.58. The number of nitrogens with zero attached hydrogens (tertiary/aromatic N) is 1. The number of rotatable bonds is 1. The summed E-state index contributed by atoms with van der Waals surface area (Å²) in [6.45, 7) is 0.993. The smallest absolute Gasteiger partial charge is 0.214 e. The number of hydrogen-bond donors (Lipinski definition) is 2. The molecule has 2 aliphatic rings. The second-order valence-corrected chi connectivity index (χ2v) is 6.01. The summed E-state index contributed by atoms with van der Waals surface area (Å²) in [6.07, 6.45) is 1.63. The Hall–Kier alpha value is -0.170. The van der Waals surface area contributed by atoms with Crippen LogP contribution in [0.5, 0.6) is 0 Å². The Bertz CT molecular complexity index is 304. The molecule has 0 spiro atoms. The second kappa shape index (κ2) is 3.77. The zero-order valence-electron chi connectivity index (χ0n) is 8.02. The molecule has 0 aromatic rings. The van der Waals surface area contributed by atoms with E-state index in [-0.39, 0.29) is 24.4 Å². The van der Waals surface area contributed by atoms with Crippen LogP contribution in [0.4, 0.5) is 0 Å². The van der Waals surface area contributed by atoms with Gasteiger partial charge >= 0.3 is 0 Å². The molecule has 2 bridgehead atoms. The van der Waals surface area contributed by atoms with Crippen LogP contribution in [0.2, 0.25) is 0 Å². The maximum absolute atomic E-state index is 11.8. The fourth-order valence-corrected chi connectivity index (χ4v) is 3.92. The fraction of sp³-hybridized carbons (Fsp3) is 1.00. The molecule has 2 saturated heterocycles. The lowest BCUT2D eigenvalue weighted by Gasteiger charge is -2.36. The average Bonchev–Trinajstić information content (AvgIpc) is 2.27. The van der Waals surface area contributed by atoms with E-state index < -0.39 is 10.0 Å². The predicted octanol–water partition coefficient (Wildman–Crippen LogP) is -1.26. The monoisotopic (exact) mass is 220 g/mol. The van der Waals surface area contributed by atoms with Crippen molar-refractivity contribution in [2.75, 3.05) is 25.4 Å². The zero-order valence-corrected chi connectivity index (χ0v) is 8.83. The first kappa shape index (κ1) is 10.4. The summed E-state index contributed by atoms with van der Waals surface area (Å²) in [6, 6.07) is 0.00410. The van der Waals surface area contributed by atoms with Crippen LogP contribution in [-0.2, 0) is 10.0 Å². The van der Waals surface area contributed by atoms with Crippen LogP contribution in [0.3, 0.4) is 0 Å². The van der Waals surface area contributed by atoms with Crippen LogP contribution >= 0.6 is 0 Å². The van der Waals surface area contributed by atoms with Crippen molar-refractivity contribution in [3.63, 3.8) is 0 Å². The Morgan fingerprint density at radius 3 is 3.00 bits per heavy atom. The highest BCUT2D eigenvalue weighted by atomic mass is 32.2. The zero-order chi connectivity index (χ0) is 10.2. The first-order chi connectivity index (χ1) is 6.63. The Morgan fingerprint density at radius 1 is 1.50 bits per heavy atom. The molecule has 3 unspecified atom stereocenters. The summed E-state index contributed by atoms with van der Waals surface area (Å²) in [4.78, 5) is 0. The summed E-state index contributed by atoms with van der Waals surface area (Å²) < 4.78 is 25.0. The molecule has 0 aromatic heterocycles. The minimum absolute atomic E-state index is 0.0983. The van der Waals surface area contributed by atoms with Gasteiger partial charge in [0.2, 0.25) is 10.0 Å². The predicted molar refractivity (Wildman–Crippen MR) is 52.4 cm³/mol. The van der Waals surface area contributed by atoms with Crippen molar-refractivity contribution >= 4 is 10.0 Å². The number of hydrogen-bond acceptors (Lipinski definition) is 4. The summed E-state index contributed by atoms with van der Waals surface area (Å²) in [5.74, 6) is 0.224. The topological polar surface area (TPSA) is 69.6 Å². The standard InChI is InChI=1S/C8H16N2O3S/c11-6-8-4-9-7-2-1-3-14(12,13)10(8)5-7/h7-9,11H,1-6H2. The van der Waals surface area contributed by atoms with Crippen LogP contribution in [0.25, 0.3) is 0 Å². The quantitative estimate of drug-likeness (QED) is 0.579. The van der Waals surface area contributed by atoms with Crippen LogP contribution in [0, 0.1) is 0 Å². The van der Waals surface area contributed by atoms with Gasteiger partial charge in [-0.2, -0.15) is 4.31 Å². The number of fused-ring (bicyclic) bond motifs is 2. The molecule has 2 heterocycles. The maximum atomic E-state index is 11.8. The lowest BCUT2D eigenvalue weighted by molar-refractivity contribution is 0.146.